The first-order valence-corrected chi connectivity index (χ1v) is 10.7. The van der Waals surface area contributed by atoms with Gasteiger partial charge in [0, 0.05) is 31.0 Å². The highest BCUT2D eigenvalue weighted by molar-refractivity contribution is 8.68. The van der Waals surface area contributed by atoms with Gasteiger partial charge in [-0.15, -0.1) is 23.5 Å². The van der Waals surface area contributed by atoms with Gasteiger partial charge in [0.1, 0.15) is 0 Å². The molecule has 1 unspecified atom stereocenters. The Hall–Kier alpha value is 1.62. The van der Waals surface area contributed by atoms with Crippen LogP contribution in [0.4, 0.5) is 0 Å². The largest absolute Gasteiger partial charge is 0.325 e. The lowest BCUT2D eigenvalue weighted by Gasteiger charge is -2.19. The zero-order chi connectivity index (χ0) is 11.5. The van der Waals surface area contributed by atoms with Crippen molar-refractivity contribution in [3.63, 3.8) is 0 Å². The molecule has 15 heavy (non-hydrogen) atoms. The lowest BCUT2D eigenvalue weighted by atomic mass is 10.5. The van der Waals surface area contributed by atoms with Crippen molar-refractivity contribution in [3.8, 4) is 0 Å². The molecule has 0 spiro atoms. The maximum Gasteiger partial charge on any atom is 0.246 e. The Morgan fingerprint density at radius 3 is 2.47 bits per heavy atom. The summed E-state index contributed by atoms with van der Waals surface area (Å²) in [5.41, 5.74) is -2.05. The topological polar surface area (TPSA) is 18.5 Å². The second-order valence-corrected chi connectivity index (χ2v) is 14.0. The first kappa shape index (κ1) is 14.7. The van der Waals surface area contributed by atoms with Gasteiger partial charge in [-0.2, -0.15) is 0 Å². The quantitative estimate of drug-likeness (QED) is 0.714. The third kappa shape index (κ3) is 4.78. The summed E-state index contributed by atoms with van der Waals surface area (Å²) in [6, 6.07) is 0. The average Bonchev–Trinajstić information content (AvgIpc) is 2.55. The van der Waals surface area contributed by atoms with E-state index in [4.69, 9.17) is 20.9 Å². The Morgan fingerprint density at radius 2 is 2.07 bits per heavy atom. The lowest BCUT2D eigenvalue weighted by Crippen LogP contribution is -2.07. The molecule has 7 heteroatoms. The van der Waals surface area contributed by atoms with Gasteiger partial charge in [0.25, 0.3) is 0 Å². The van der Waals surface area contributed by atoms with Crippen molar-refractivity contribution in [3.05, 3.63) is 0 Å². The van der Waals surface area contributed by atoms with Gasteiger partial charge in [-0.3, -0.25) is 0 Å². The first-order chi connectivity index (χ1) is 6.91. The van der Waals surface area contributed by atoms with Gasteiger partial charge in [0.05, 0.1) is 4.08 Å². The summed E-state index contributed by atoms with van der Waals surface area (Å²) in [5, 5.41) is 0.669. The molecule has 1 atom stereocenters. The molecule has 0 aliphatic carbocycles. The Morgan fingerprint density at radius 1 is 1.47 bits per heavy atom. The highest BCUT2D eigenvalue weighted by Gasteiger charge is 2.33. The summed E-state index contributed by atoms with van der Waals surface area (Å²) >= 11 is 11.0. The van der Waals surface area contributed by atoms with E-state index in [9.17, 15) is 0 Å². The molecule has 1 heterocycles. The van der Waals surface area contributed by atoms with Gasteiger partial charge >= 0.3 is 0 Å². The molecule has 90 valence electrons. The normalized spacial score (nSPS) is 25.7. The van der Waals surface area contributed by atoms with E-state index in [1.807, 2.05) is 23.5 Å². The minimum Gasteiger partial charge on any atom is -0.325 e. The van der Waals surface area contributed by atoms with Crippen LogP contribution in [0.15, 0.2) is 0 Å². The monoisotopic (exact) mass is 304 g/mol. The van der Waals surface area contributed by atoms with Gasteiger partial charge in [-0.05, 0) is 25.7 Å². The van der Waals surface area contributed by atoms with Crippen LogP contribution in [0.5, 0.6) is 0 Å². The Labute approximate surface area is 110 Å². The SMILES string of the molecule is COP(=S)(OC)SCC1CSC(C)(C)S1. The Balaban J connectivity index is 2.36. The molecule has 1 rings (SSSR count). The molecule has 0 aromatic heterocycles. The fraction of sp³-hybridized carbons (Fsp3) is 1.00. The molecule has 0 N–H and O–H groups in total. The summed E-state index contributed by atoms with van der Waals surface area (Å²) in [6.07, 6.45) is 0. The zero-order valence-corrected chi connectivity index (χ0v) is 13.5. The second-order valence-electron chi connectivity index (χ2n) is 3.56. The molecule has 1 aliphatic rings. The van der Waals surface area contributed by atoms with Crippen LogP contribution < -0.4 is 0 Å². The van der Waals surface area contributed by atoms with Gasteiger partial charge in [-0.25, -0.2) is 0 Å². The maximum absolute atomic E-state index is 5.31. The number of hydrogen-bond donors (Lipinski definition) is 0. The van der Waals surface area contributed by atoms with Gasteiger partial charge in [0.15, 0.2) is 0 Å². The van der Waals surface area contributed by atoms with E-state index in [1.54, 1.807) is 25.6 Å². The molecule has 0 aromatic rings. The van der Waals surface area contributed by atoms with Crippen LogP contribution in [0.25, 0.3) is 0 Å². The van der Waals surface area contributed by atoms with Crippen molar-refractivity contribution in [2.24, 2.45) is 0 Å². The second kappa shape index (κ2) is 5.98. The van der Waals surface area contributed by atoms with Gasteiger partial charge < -0.3 is 9.05 Å². The minimum atomic E-state index is -2.05. The Bertz CT molecular complexity index is 251. The van der Waals surface area contributed by atoms with E-state index in [0.717, 1.165) is 5.75 Å². The molecular formula is C8H17O2PS4. The van der Waals surface area contributed by atoms with E-state index in [0.29, 0.717) is 9.33 Å². The number of hydrogen-bond acceptors (Lipinski definition) is 6. The van der Waals surface area contributed by atoms with E-state index in [1.165, 1.54) is 5.75 Å². The van der Waals surface area contributed by atoms with Gasteiger partial charge in [0.2, 0.25) is 5.69 Å². The smallest absolute Gasteiger partial charge is 0.246 e. The van der Waals surface area contributed by atoms with Crippen LogP contribution in [-0.2, 0) is 20.9 Å². The molecule has 1 aliphatic heterocycles. The molecule has 0 amide bonds. The van der Waals surface area contributed by atoms with E-state index >= 15 is 0 Å². The van der Waals surface area contributed by atoms with Crippen LogP contribution in [0.2, 0.25) is 0 Å². The van der Waals surface area contributed by atoms with E-state index in [2.05, 4.69) is 13.8 Å². The molecule has 2 nitrogen and oxygen atoms in total. The van der Waals surface area contributed by atoms with Crippen molar-refractivity contribution < 1.29 is 9.05 Å². The van der Waals surface area contributed by atoms with Crippen LogP contribution >= 0.6 is 40.6 Å². The van der Waals surface area contributed by atoms with E-state index in [-0.39, 0.29) is 0 Å². The summed E-state index contributed by atoms with van der Waals surface area (Å²) in [7, 11) is 3.27. The summed E-state index contributed by atoms with van der Waals surface area (Å²) in [6.45, 7) is 4.55. The van der Waals surface area contributed by atoms with Crippen molar-refractivity contribution in [2.45, 2.75) is 23.2 Å². The van der Waals surface area contributed by atoms with Crippen LogP contribution in [0, 0.1) is 0 Å². The zero-order valence-electron chi connectivity index (χ0n) is 9.39. The van der Waals surface area contributed by atoms with Gasteiger partial charge in [-0.1, -0.05) is 11.4 Å². The van der Waals surface area contributed by atoms with Crippen molar-refractivity contribution in [1.29, 1.82) is 0 Å². The van der Waals surface area contributed by atoms with Crippen molar-refractivity contribution in [2.75, 3.05) is 25.7 Å². The summed E-state index contributed by atoms with van der Waals surface area (Å²) < 4.78 is 10.9. The highest BCUT2D eigenvalue weighted by Crippen LogP contribution is 2.61. The molecule has 1 saturated heterocycles. The van der Waals surface area contributed by atoms with Crippen molar-refractivity contribution >= 4 is 52.4 Å². The molecule has 0 saturated carbocycles. The average molecular weight is 304 g/mol. The highest BCUT2D eigenvalue weighted by atomic mass is 32.9. The number of thioether (sulfide) groups is 2. The number of rotatable bonds is 5. The van der Waals surface area contributed by atoms with Crippen LogP contribution in [-0.4, -0.2) is 35.1 Å². The molecule has 0 bridgehead atoms. The summed E-state index contributed by atoms with van der Waals surface area (Å²) in [5.74, 6) is 2.23. The van der Waals surface area contributed by atoms with Crippen LogP contribution in [0.3, 0.4) is 0 Å². The van der Waals surface area contributed by atoms with Crippen LogP contribution in [0.1, 0.15) is 13.8 Å². The third-order valence-corrected chi connectivity index (χ3v) is 11.4. The standard InChI is InChI=1S/C8H17O2PS4/c1-8(2)13-5-7(15-8)6-14-11(12,9-3)10-4/h7H,5-6H2,1-4H3. The van der Waals surface area contributed by atoms with Crippen molar-refractivity contribution in [1.82, 2.24) is 0 Å². The minimum absolute atomic E-state index is 0.355. The van der Waals surface area contributed by atoms with E-state index < -0.39 is 5.69 Å². The molecule has 0 radical (unpaired) electrons. The fourth-order valence-corrected chi connectivity index (χ4v) is 8.09. The Kier molecular flexibility index (Phi) is 5.86. The molecule has 1 fully saturated rings. The lowest BCUT2D eigenvalue weighted by molar-refractivity contribution is 0.354. The third-order valence-electron chi connectivity index (χ3n) is 1.93. The molecular weight excluding hydrogens is 287 g/mol. The maximum atomic E-state index is 5.31. The predicted octanol–water partition coefficient (Wildman–Crippen LogP) is 3.82. The fourth-order valence-electron chi connectivity index (χ4n) is 1.20. The molecule has 0 aromatic carbocycles. The first-order valence-electron chi connectivity index (χ1n) is 4.58. The summed E-state index contributed by atoms with van der Waals surface area (Å²) in [4.78, 5) is 0. The predicted molar refractivity (Wildman–Crippen MR) is 78.7 cm³/mol.